The molecule has 3 rings (SSSR count). The van der Waals surface area contributed by atoms with Gasteiger partial charge < -0.3 is 0 Å². The van der Waals surface area contributed by atoms with E-state index in [9.17, 15) is 4.79 Å². The zero-order valence-corrected chi connectivity index (χ0v) is 14.4. The summed E-state index contributed by atoms with van der Waals surface area (Å²) in [6, 6.07) is 18.8. The Hall–Kier alpha value is -2.92. The van der Waals surface area contributed by atoms with Crippen LogP contribution in [0.25, 0.3) is 0 Å². The first-order chi connectivity index (χ1) is 12.1. The third kappa shape index (κ3) is 4.55. The molecule has 0 bridgehead atoms. The Morgan fingerprint density at radius 2 is 1.84 bits per heavy atom. The van der Waals surface area contributed by atoms with E-state index in [1.165, 1.54) is 0 Å². The van der Waals surface area contributed by atoms with Gasteiger partial charge in [0.1, 0.15) is 0 Å². The Bertz CT molecular complexity index is 885. The van der Waals surface area contributed by atoms with Crippen molar-refractivity contribution in [1.29, 1.82) is 0 Å². The molecular weight excluding hydrogens is 336 g/mol. The molecular formula is C19H17ClN4O. The number of carbonyl (C=O) groups excluding carboxylic acids is 1. The lowest BCUT2D eigenvalue weighted by Crippen LogP contribution is -2.20. The number of aromatic nitrogens is 2. The third-order valence-electron chi connectivity index (χ3n) is 3.65. The molecule has 0 saturated carbocycles. The zero-order chi connectivity index (χ0) is 17.6. The smallest absolute Gasteiger partial charge is 0.268 e. The lowest BCUT2D eigenvalue weighted by molar-refractivity contribution is 0.0949. The molecule has 2 aromatic carbocycles. The van der Waals surface area contributed by atoms with E-state index in [1.807, 2.05) is 61.5 Å². The van der Waals surface area contributed by atoms with E-state index >= 15 is 0 Å². The maximum Gasteiger partial charge on any atom is 0.291 e. The summed E-state index contributed by atoms with van der Waals surface area (Å²) in [6.07, 6.45) is 1.76. The molecule has 0 saturated heterocycles. The number of amides is 1. The summed E-state index contributed by atoms with van der Waals surface area (Å²) in [7, 11) is 0. The minimum Gasteiger partial charge on any atom is -0.268 e. The molecule has 0 spiro atoms. The summed E-state index contributed by atoms with van der Waals surface area (Å²) in [6.45, 7) is 2.41. The van der Waals surface area contributed by atoms with Crippen LogP contribution in [-0.4, -0.2) is 21.4 Å². The normalized spacial score (nSPS) is 11.4. The highest BCUT2D eigenvalue weighted by Crippen LogP contribution is 2.10. The highest BCUT2D eigenvalue weighted by Gasteiger charge is 2.09. The maximum absolute atomic E-state index is 12.2. The Morgan fingerprint density at radius 1 is 1.12 bits per heavy atom. The first-order valence-corrected chi connectivity index (χ1v) is 8.17. The van der Waals surface area contributed by atoms with Gasteiger partial charge in [0, 0.05) is 11.2 Å². The van der Waals surface area contributed by atoms with Gasteiger partial charge in [-0.3, -0.25) is 9.48 Å². The molecule has 25 heavy (non-hydrogen) atoms. The second kappa shape index (κ2) is 7.77. The first kappa shape index (κ1) is 16.9. The van der Waals surface area contributed by atoms with E-state index < -0.39 is 0 Å². The van der Waals surface area contributed by atoms with Crippen LogP contribution >= 0.6 is 11.6 Å². The molecule has 1 amide bonds. The van der Waals surface area contributed by atoms with Crippen molar-refractivity contribution in [1.82, 2.24) is 15.2 Å². The summed E-state index contributed by atoms with van der Waals surface area (Å²) in [5, 5.41) is 9.10. The van der Waals surface area contributed by atoms with Crippen molar-refractivity contribution in [2.24, 2.45) is 5.10 Å². The summed E-state index contributed by atoms with van der Waals surface area (Å²) in [5.74, 6) is -0.342. The van der Waals surface area contributed by atoms with Crippen LogP contribution in [0.5, 0.6) is 0 Å². The molecule has 0 fully saturated rings. The second-order valence-electron chi connectivity index (χ2n) is 5.53. The fourth-order valence-electron chi connectivity index (χ4n) is 2.28. The Labute approximate surface area is 150 Å². The number of halogens is 1. The van der Waals surface area contributed by atoms with Crippen LogP contribution in [0.4, 0.5) is 0 Å². The standard InChI is InChI=1S/C19H17ClN4O/c1-14(16-5-3-2-4-6-16)21-22-19(25)18-11-12-24(23-18)13-15-7-9-17(20)10-8-15/h2-12H,13H2,1H3,(H,22,25)/b21-14-. The van der Waals surface area contributed by atoms with Gasteiger partial charge in [-0.25, -0.2) is 5.43 Å². The molecule has 1 heterocycles. The molecule has 0 aliphatic rings. The van der Waals surface area contributed by atoms with Crippen LogP contribution < -0.4 is 5.43 Å². The van der Waals surface area contributed by atoms with E-state index in [2.05, 4.69) is 15.6 Å². The van der Waals surface area contributed by atoms with Gasteiger partial charge in [0.25, 0.3) is 5.91 Å². The number of nitrogens with one attached hydrogen (secondary N) is 1. The van der Waals surface area contributed by atoms with Crippen molar-refractivity contribution < 1.29 is 4.79 Å². The van der Waals surface area contributed by atoms with Gasteiger partial charge in [-0.05, 0) is 36.2 Å². The fourth-order valence-corrected chi connectivity index (χ4v) is 2.41. The molecule has 0 aliphatic carbocycles. The Kier molecular flexibility index (Phi) is 5.26. The van der Waals surface area contributed by atoms with Crippen molar-refractivity contribution >= 4 is 23.2 Å². The maximum atomic E-state index is 12.2. The van der Waals surface area contributed by atoms with E-state index in [0.29, 0.717) is 17.3 Å². The van der Waals surface area contributed by atoms with E-state index in [0.717, 1.165) is 16.8 Å². The van der Waals surface area contributed by atoms with Gasteiger partial charge in [0.05, 0.1) is 12.3 Å². The van der Waals surface area contributed by atoms with Gasteiger partial charge in [0.15, 0.2) is 5.69 Å². The van der Waals surface area contributed by atoms with Crippen LogP contribution in [0.2, 0.25) is 5.02 Å². The summed E-state index contributed by atoms with van der Waals surface area (Å²) in [5.41, 5.74) is 5.59. The fraction of sp³-hybridized carbons (Fsp3) is 0.105. The molecule has 1 aromatic heterocycles. The molecule has 0 atom stereocenters. The van der Waals surface area contributed by atoms with Crippen LogP contribution in [0.15, 0.2) is 72.0 Å². The topological polar surface area (TPSA) is 59.3 Å². The average Bonchev–Trinajstić information content (AvgIpc) is 3.10. The summed E-state index contributed by atoms with van der Waals surface area (Å²) in [4.78, 5) is 12.2. The minimum absolute atomic E-state index is 0.318. The van der Waals surface area contributed by atoms with Crippen LogP contribution in [-0.2, 0) is 6.54 Å². The number of nitrogens with zero attached hydrogens (tertiary/aromatic N) is 3. The van der Waals surface area contributed by atoms with E-state index in [1.54, 1.807) is 16.9 Å². The minimum atomic E-state index is -0.342. The van der Waals surface area contributed by atoms with E-state index in [4.69, 9.17) is 11.6 Å². The quantitative estimate of drug-likeness (QED) is 0.561. The molecule has 6 heteroatoms. The molecule has 1 N–H and O–H groups in total. The Balaban J connectivity index is 1.63. The SMILES string of the molecule is C/C(=N/NC(=O)c1ccn(Cc2ccc(Cl)cc2)n1)c1ccccc1. The predicted molar refractivity (Wildman–Crippen MR) is 98.9 cm³/mol. The number of benzene rings is 2. The van der Waals surface area contributed by atoms with E-state index in [-0.39, 0.29) is 5.91 Å². The van der Waals surface area contributed by atoms with Crippen molar-refractivity contribution in [2.45, 2.75) is 13.5 Å². The molecule has 0 aliphatic heterocycles. The number of hydrazone groups is 1. The van der Waals surface area contributed by atoms with Gasteiger partial charge in [-0.2, -0.15) is 10.2 Å². The second-order valence-corrected chi connectivity index (χ2v) is 5.97. The molecule has 0 unspecified atom stereocenters. The highest BCUT2D eigenvalue weighted by molar-refractivity contribution is 6.30. The van der Waals surface area contributed by atoms with Gasteiger partial charge in [-0.15, -0.1) is 0 Å². The number of carbonyl (C=O) groups is 1. The lowest BCUT2D eigenvalue weighted by Gasteiger charge is -2.02. The molecule has 0 radical (unpaired) electrons. The molecule has 126 valence electrons. The monoisotopic (exact) mass is 352 g/mol. The number of hydrogen-bond donors (Lipinski definition) is 1. The zero-order valence-electron chi connectivity index (χ0n) is 13.7. The van der Waals surface area contributed by atoms with Crippen molar-refractivity contribution in [3.8, 4) is 0 Å². The molecule has 5 nitrogen and oxygen atoms in total. The van der Waals surface area contributed by atoms with Gasteiger partial charge in [0.2, 0.25) is 0 Å². The number of hydrogen-bond acceptors (Lipinski definition) is 3. The molecule has 3 aromatic rings. The average molecular weight is 353 g/mol. The predicted octanol–water partition coefficient (Wildman–Crippen LogP) is 3.74. The third-order valence-corrected chi connectivity index (χ3v) is 3.90. The highest BCUT2D eigenvalue weighted by atomic mass is 35.5. The lowest BCUT2D eigenvalue weighted by atomic mass is 10.1. The number of rotatable bonds is 5. The first-order valence-electron chi connectivity index (χ1n) is 7.80. The van der Waals surface area contributed by atoms with Crippen LogP contribution in [0.3, 0.4) is 0 Å². The van der Waals surface area contributed by atoms with Crippen LogP contribution in [0, 0.1) is 0 Å². The van der Waals surface area contributed by atoms with Crippen LogP contribution in [0.1, 0.15) is 28.5 Å². The van der Waals surface area contributed by atoms with Crippen molar-refractivity contribution in [3.63, 3.8) is 0 Å². The van der Waals surface area contributed by atoms with Gasteiger partial charge in [-0.1, -0.05) is 54.1 Å². The van der Waals surface area contributed by atoms with Crippen molar-refractivity contribution in [3.05, 3.63) is 88.7 Å². The largest absolute Gasteiger partial charge is 0.291 e. The summed E-state index contributed by atoms with van der Waals surface area (Å²) < 4.78 is 1.70. The van der Waals surface area contributed by atoms with Gasteiger partial charge >= 0.3 is 0 Å². The Morgan fingerprint density at radius 3 is 2.56 bits per heavy atom. The van der Waals surface area contributed by atoms with Crippen molar-refractivity contribution in [2.75, 3.05) is 0 Å². The summed E-state index contributed by atoms with van der Waals surface area (Å²) >= 11 is 5.88.